The van der Waals surface area contributed by atoms with Gasteiger partial charge in [-0.2, -0.15) is 5.10 Å². The Hall–Kier alpha value is -2.77. The first-order valence-corrected chi connectivity index (χ1v) is 11.2. The summed E-state index contributed by atoms with van der Waals surface area (Å²) >= 11 is 1.82. The standard InChI is InChI=1S/C23H26N4O2S/c1-2-12-27-22(28)9-8-19(25-27)23(29)24-15-20(17-6-4-3-5-7-17)26-13-10-21-18(16-26)11-14-30-21/h3-9,11,14,20H,2,10,12-13,15-16H2,1H3,(H,24,29)/t20-/m1/s1. The number of rotatable bonds is 7. The van der Waals surface area contributed by atoms with E-state index in [1.165, 1.54) is 32.8 Å². The third-order valence-electron chi connectivity index (χ3n) is 5.45. The molecule has 30 heavy (non-hydrogen) atoms. The number of amides is 1. The Morgan fingerprint density at radius 2 is 2.03 bits per heavy atom. The molecule has 0 fully saturated rings. The zero-order valence-corrected chi connectivity index (χ0v) is 17.9. The van der Waals surface area contributed by atoms with E-state index in [4.69, 9.17) is 0 Å². The zero-order valence-electron chi connectivity index (χ0n) is 17.1. The van der Waals surface area contributed by atoms with Gasteiger partial charge in [0.05, 0.1) is 6.04 Å². The minimum absolute atomic E-state index is 0.0738. The van der Waals surface area contributed by atoms with Gasteiger partial charge in [-0.05, 0) is 41.5 Å². The second-order valence-electron chi connectivity index (χ2n) is 7.51. The van der Waals surface area contributed by atoms with E-state index < -0.39 is 0 Å². The van der Waals surface area contributed by atoms with Gasteiger partial charge in [0.1, 0.15) is 5.69 Å². The Bertz CT molecular complexity index is 1060. The van der Waals surface area contributed by atoms with Gasteiger partial charge in [0.25, 0.3) is 11.5 Å². The summed E-state index contributed by atoms with van der Waals surface area (Å²) in [6, 6.07) is 15.5. The van der Waals surface area contributed by atoms with Gasteiger partial charge in [-0.1, -0.05) is 37.3 Å². The van der Waals surface area contributed by atoms with Crippen molar-refractivity contribution in [3.63, 3.8) is 0 Å². The Morgan fingerprint density at radius 3 is 2.83 bits per heavy atom. The second kappa shape index (κ2) is 9.36. The third kappa shape index (κ3) is 4.52. The van der Waals surface area contributed by atoms with Crippen molar-refractivity contribution >= 4 is 17.2 Å². The molecule has 1 N–H and O–H groups in total. The fourth-order valence-corrected chi connectivity index (χ4v) is 4.78. The van der Waals surface area contributed by atoms with Crippen molar-refractivity contribution in [3.8, 4) is 0 Å². The summed E-state index contributed by atoms with van der Waals surface area (Å²) in [6.07, 6.45) is 1.82. The maximum Gasteiger partial charge on any atom is 0.271 e. The SMILES string of the molecule is CCCn1nc(C(=O)NC[C@H](c2ccccc2)N2CCc3sccc3C2)ccc1=O. The van der Waals surface area contributed by atoms with Gasteiger partial charge in [0.15, 0.2) is 0 Å². The van der Waals surface area contributed by atoms with E-state index in [0.29, 0.717) is 13.1 Å². The van der Waals surface area contributed by atoms with Crippen LogP contribution in [0.3, 0.4) is 0 Å². The maximum atomic E-state index is 12.8. The predicted octanol–water partition coefficient (Wildman–Crippen LogP) is 3.24. The number of hydrogen-bond donors (Lipinski definition) is 1. The summed E-state index contributed by atoms with van der Waals surface area (Å²) in [5.74, 6) is -0.256. The van der Waals surface area contributed by atoms with Crippen LogP contribution in [-0.2, 0) is 19.5 Å². The van der Waals surface area contributed by atoms with Crippen LogP contribution in [-0.4, -0.2) is 33.7 Å². The van der Waals surface area contributed by atoms with Crippen LogP contribution in [0.5, 0.6) is 0 Å². The third-order valence-corrected chi connectivity index (χ3v) is 6.48. The lowest BCUT2D eigenvalue weighted by Crippen LogP contribution is -2.40. The van der Waals surface area contributed by atoms with Gasteiger partial charge in [-0.25, -0.2) is 4.68 Å². The Labute approximate surface area is 180 Å². The molecule has 1 aliphatic rings. The van der Waals surface area contributed by atoms with Gasteiger partial charge >= 0.3 is 0 Å². The van der Waals surface area contributed by atoms with Gasteiger partial charge in [0.2, 0.25) is 0 Å². The lowest BCUT2D eigenvalue weighted by atomic mass is 10.0. The number of aromatic nitrogens is 2. The van der Waals surface area contributed by atoms with Crippen LogP contribution in [0.2, 0.25) is 0 Å². The first kappa shape index (κ1) is 20.5. The van der Waals surface area contributed by atoms with Crippen LogP contribution in [0, 0.1) is 0 Å². The minimum Gasteiger partial charge on any atom is -0.349 e. The van der Waals surface area contributed by atoms with Gasteiger partial charge < -0.3 is 5.32 Å². The van der Waals surface area contributed by atoms with E-state index in [-0.39, 0.29) is 23.2 Å². The molecule has 6 nitrogen and oxygen atoms in total. The summed E-state index contributed by atoms with van der Waals surface area (Å²) in [5.41, 5.74) is 2.65. The first-order chi connectivity index (χ1) is 14.7. The number of nitrogens with zero attached hydrogens (tertiary/aromatic N) is 3. The molecule has 1 amide bonds. The average molecular weight is 423 g/mol. The zero-order chi connectivity index (χ0) is 20.9. The van der Waals surface area contributed by atoms with E-state index in [2.05, 4.69) is 38.9 Å². The van der Waals surface area contributed by atoms with E-state index in [1.807, 2.05) is 36.5 Å². The van der Waals surface area contributed by atoms with Gasteiger partial charge in [0, 0.05) is 37.1 Å². The van der Waals surface area contributed by atoms with E-state index >= 15 is 0 Å². The minimum atomic E-state index is -0.256. The molecule has 0 spiro atoms. The number of hydrogen-bond acceptors (Lipinski definition) is 5. The van der Waals surface area contributed by atoms with Crippen molar-refractivity contribution in [2.45, 2.75) is 38.9 Å². The predicted molar refractivity (Wildman–Crippen MR) is 119 cm³/mol. The van der Waals surface area contributed by atoms with Crippen molar-refractivity contribution in [1.82, 2.24) is 20.0 Å². The Balaban J connectivity index is 1.51. The van der Waals surface area contributed by atoms with Crippen molar-refractivity contribution in [3.05, 3.63) is 86.0 Å². The molecule has 3 aromatic rings. The highest BCUT2D eigenvalue weighted by molar-refractivity contribution is 7.10. The molecule has 4 rings (SSSR count). The first-order valence-electron chi connectivity index (χ1n) is 10.4. The molecule has 0 bridgehead atoms. The van der Waals surface area contributed by atoms with Crippen LogP contribution in [0.4, 0.5) is 0 Å². The molecular weight excluding hydrogens is 396 g/mol. The molecule has 1 aromatic carbocycles. The molecule has 0 saturated heterocycles. The highest BCUT2D eigenvalue weighted by Gasteiger charge is 2.26. The van der Waals surface area contributed by atoms with Crippen LogP contribution >= 0.6 is 11.3 Å². The number of carbonyl (C=O) groups excluding carboxylic acids is 1. The molecular formula is C23H26N4O2S. The highest BCUT2D eigenvalue weighted by atomic mass is 32.1. The number of carbonyl (C=O) groups is 1. The highest BCUT2D eigenvalue weighted by Crippen LogP contribution is 2.30. The van der Waals surface area contributed by atoms with Crippen molar-refractivity contribution in [1.29, 1.82) is 0 Å². The molecule has 3 heterocycles. The maximum absolute atomic E-state index is 12.8. The topological polar surface area (TPSA) is 67.2 Å². The molecule has 0 aliphatic carbocycles. The number of benzene rings is 1. The molecule has 0 radical (unpaired) electrons. The fourth-order valence-electron chi connectivity index (χ4n) is 3.89. The van der Waals surface area contributed by atoms with Crippen LogP contribution in [0.1, 0.15) is 45.9 Å². The van der Waals surface area contributed by atoms with Crippen molar-refractivity contribution in [2.24, 2.45) is 0 Å². The van der Waals surface area contributed by atoms with E-state index in [1.54, 1.807) is 0 Å². The molecule has 156 valence electrons. The monoisotopic (exact) mass is 422 g/mol. The van der Waals surface area contributed by atoms with E-state index in [0.717, 1.165) is 25.9 Å². The molecule has 0 unspecified atom stereocenters. The summed E-state index contributed by atoms with van der Waals surface area (Å²) in [6.45, 7) is 4.81. The molecule has 0 saturated carbocycles. The Kier molecular flexibility index (Phi) is 6.40. The van der Waals surface area contributed by atoms with Crippen molar-refractivity contribution in [2.75, 3.05) is 13.1 Å². The number of thiophene rings is 1. The smallest absolute Gasteiger partial charge is 0.271 e. The Morgan fingerprint density at radius 1 is 1.20 bits per heavy atom. The lowest BCUT2D eigenvalue weighted by Gasteiger charge is -2.35. The van der Waals surface area contributed by atoms with Gasteiger partial charge in [-0.3, -0.25) is 14.5 Å². The molecule has 1 atom stereocenters. The van der Waals surface area contributed by atoms with Crippen LogP contribution in [0.25, 0.3) is 0 Å². The van der Waals surface area contributed by atoms with Gasteiger partial charge in [-0.15, -0.1) is 11.3 Å². The lowest BCUT2D eigenvalue weighted by molar-refractivity contribution is 0.0920. The van der Waals surface area contributed by atoms with E-state index in [9.17, 15) is 9.59 Å². The quantitative estimate of drug-likeness (QED) is 0.635. The van der Waals surface area contributed by atoms with Crippen LogP contribution in [0.15, 0.2) is 58.7 Å². The van der Waals surface area contributed by atoms with Crippen LogP contribution < -0.4 is 10.9 Å². The normalized spacial score (nSPS) is 14.8. The number of nitrogens with one attached hydrogen (secondary N) is 1. The second-order valence-corrected chi connectivity index (χ2v) is 8.51. The fraction of sp³-hybridized carbons (Fsp3) is 0.348. The average Bonchev–Trinajstić information content (AvgIpc) is 3.24. The largest absolute Gasteiger partial charge is 0.349 e. The molecule has 1 aliphatic heterocycles. The van der Waals surface area contributed by atoms with Crippen molar-refractivity contribution < 1.29 is 4.79 Å². The summed E-state index contributed by atoms with van der Waals surface area (Å²) < 4.78 is 1.35. The number of fused-ring (bicyclic) bond motifs is 1. The summed E-state index contributed by atoms with van der Waals surface area (Å²) in [4.78, 5) is 28.6. The summed E-state index contributed by atoms with van der Waals surface area (Å²) in [7, 11) is 0. The molecule has 2 aromatic heterocycles. The molecule has 7 heteroatoms. The summed E-state index contributed by atoms with van der Waals surface area (Å²) in [5, 5.41) is 9.43. The number of aryl methyl sites for hydroxylation is 1.